The molecule has 30 heavy (non-hydrogen) atoms. The maximum atomic E-state index is 13.0. The number of unbranched alkanes of at least 4 members (excludes halogenated alkanes) is 1. The molecule has 0 aromatic heterocycles. The molecule has 168 valence electrons. The minimum atomic E-state index is 0.0838. The van der Waals surface area contributed by atoms with Gasteiger partial charge in [-0.15, -0.1) is 0 Å². The fraction of sp³-hybridized carbons (Fsp3) is 0.708. The largest absolute Gasteiger partial charge is 0.493 e. The van der Waals surface area contributed by atoms with Gasteiger partial charge in [0, 0.05) is 38.3 Å². The van der Waals surface area contributed by atoms with E-state index in [1.807, 2.05) is 23.1 Å². The van der Waals surface area contributed by atoms with Crippen molar-refractivity contribution in [3.05, 3.63) is 23.8 Å². The third-order valence-corrected chi connectivity index (χ3v) is 6.08. The van der Waals surface area contributed by atoms with Crippen LogP contribution in [-0.2, 0) is 4.74 Å². The lowest BCUT2D eigenvalue weighted by molar-refractivity contribution is -0.0728. The zero-order valence-corrected chi connectivity index (χ0v) is 19.1. The highest BCUT2D eigenvalue weighted by Crippen LogP contribution is 2.30. The van der Waals surface area contributed by atoms with Crippen LogP contribution in [0.3, 0.4) is 0 Å². The van der Waals surface area contributed by atoms with Crippen LogP contribution in [0.4, 0.5) is 0 Å². The number of nitrogens with zero attached hydrogens (tertiary/aromatic N) is 2. The van der Waals surface area contributed by atoms with Crippen LogP contribution in [0.2, 0.25) is 0 Å². The first-order chi connectivity index (χ1) is 14.5. The summed E-state index contributed by atoms with van der Waals surface area (Å²) in [6.07, 6.45) is 4.81. The van der Waals surface area contributed by atoms with Crippen LogP contribution >= 0.6 is 0 Å². The lowest BCUT2D eigenvalue weighted by Crippen LogP contribution is -2.48. The van der Waals surface area contributed by atoms with E-state index in [9.17, 15) is 4.79 Å². The molecule has 0 bridgehead atoms. The number of carbonyl (C=O) groups is 1. The van der Waals surface area contributed by atoms with Crippen LogP contribution < -0.4 is 9.47 Å². The first kappa shape index (κ1) is 22.9. The van der Waals surface area contributed by atoms with E-state index in [4.69, 9.17) is 14.2 Å². The summed E-state index contributed by atoms with van der Waals surface area (Å²) in [4.78, 5) is 17.5. The molecule has 2 unspecified atom stereocenters. The number of morpholine rings is 1. The van der Waals surface area contributed by atoms with Gasteiger partial charge in [-0.3, -0.25) is 9.69 Å². The molecule has 2 heterocycles. The van der Waals surface area contributed by atoms with Crippen molar-refractivity contribution in [2.75, 3.05) is 46.4 Å². The zero-order chi connectivity index (χ0) is 21.5. The minimum Gasteiger partial charge on any atom is -0.493 e. The summed E-state index contributed by atoms with van der Waals surface area (Å²) in [5.74, 6) is 2.06. The Hall–Kier alpha value is -1.79. The molecular weight excluding hydrogens is 380 g/mol. The van der Waals surface area contributed by atoms with Crippen molar-refractivity contribution >= 4 is 5.91 Å². The van der Waals surface area contributed by atoms with E-state index >= 15 is 0 Å². The number of likely N-dealkylation sites (tertiary alicyclic amines) is 1. The Morgan fingerprint density at radius 2 is 1.83 bits per heavy atom. The normalized spacial score (nSPS) is 23.4. The Kier molecular flexibility index (Phi) is 8.40. The molecule has 0 spiro atoms. The number of rotatable bonds is 8. The van der Waals surface area contributed by atoms with Gasteiger partial charge in [0.1, 0.15) is 0 Å². The van der Waals surface area contributed by atoms with Crippen molar-refractivity contribution in [3.63, 3.8) is 0 Å². The first-order valence-electron chi connectivity index (χ1n) is 11.5. The smallest absolute Gasteiger partial charge is 0.253 e. The minimum absolute atomic E-state index is 0.0838. The van der Waals surface area contributed by atoms with Crippen molar-refractivity contribution in [2.45, 2.75) is 58.7 Å². The van der Waals surface area contributed by atoms with E-state index in [2.05, 4.69) is 25.7 Å². The quantitative estimate of drug-likeness (QED) is 0.601. The van der Waals surface area contributed by atoms with Crippen LogP contribution in [-0.4, -0.2) is 74.4 Å². The average Bonchev–Trinajstić information content (AvgIpc) is 2.73. The van der Waals surface area contributed by atoms with Gasteiger partial charge >= 0.3 is 0 Å². The molecule has 2 atom stereocenters. The number of piperidine rings is 1. The van der Waals surface area contributed by atoms with Crippen LogP contribution in [0.25, 0.3) is 0 Å². The number of amides is 1. The van der Waals surface area contributed by atoms with Gasteiger partial charge in [-0.05, 0) is 57.2 Å². The highest BCUT2D eigenvalue weighted by atomic mass is 16.5. The number of benzene rings is 1. The summed E-state index contributed by atoms with van der Waals surface area (Å²) < 4.78 is 17.1. The molecule has 1 aromatic carbocycles. The fourth-order valence-electron chi connectivity index (χ4n) is 4.55. The topological polar surface area (TPSA) is 51.2 Å². The molecular formula is C24H38N2O4. The number of hydrogen-bond donors (Lipinski definition) is 0. The maximum Gasteiger partial charge on any atom is 0.253 e. The monoisotopic (exact) mass is 418 g/mol. The van der Waals surface area contributed by atoms with Crippen molar-refractivity contribution < 1.29 is 19.0 Å². The number of ether oxygens (including phenoxy) is 3. The molecule has 2 fully saturated rings. The highest BCUT2D eigenvalue weighted by molar-refractivity contribution is 5.95. The van der Waals surface area contributed by atoms with Crippen molar-refractivity contribution in [3.8, 4) is 11.5 Å². The van der Waals surface area contributed by atoms with E-state index < -0.39 is 0 Å². The zero-order valence-electron chi connectivity index (χ0n) is 19.1. The van der Waals surface area contributed by atoms with E-state index in [0.29, 0.717) is 41.8 Å². The van der Waals surface area contributed by atoms with Gasteiger partial charge in [0.25, 0.3) is 5.91 Å². The van der Waals surface area contributed by atoms with E-state index in [1.165, 1.54) is 0 Å². The number of methoxy groups -OCH3 is 1. The van der Waals surface area contributed by atoms with Gasteiger partial charge in [-0.1, -0.05) is 13.3 Å². The number of carbonyl (C=O) groups excluding carboxylic acids is 1. The summed E-state index contributed by atoms with van der Waals surface area (Å²) in [5, 5.41) is 0. The van der Waals surface area contributed by atoms with E-state index in [0.717, 1.165) is 58.4 Å². The third-order valence-electron chi connectivity index (χ3n) is 6.08. The third kappa shape index (κ3) is 6.11. The van der Waals surface area contributed by atoms with E-state index in [-0.39, 0.29) is 5.91 Å². The lowest BCUT2D eigenvalue weighted by atomic mass is 9.95. The van der Waals surface area contributed by atoms with Crippen LogP contribution in [0.5, 0.6) is 11.5 Å². The molecule has 2 aliphatic rings. The Labute approximate surface area is 181 Å². The van der Waals surface area contributed by atoms with Gasteiger partial charge in [0.05, 0.1) is 25.9 Å². The van der Waals surface area contributed by atoms with Crippen LogP contribution in [0.1, 0.15) is 56.8 Å². The average molecular weight is 419 g/mol. The van der Waals surface area contributed by atoms with Gasteiger partial charge in [-0.2, -0.15) is 0 Å². The molecule has 0 aliphatic carbocycles. The summed E-state index contributed by atoms with van der Waals surface area (Å²) in [6, 6.07) is 5.52. The van der Waals surface area contributed by atoms with Crippen LogP contribution in [0.15, 0.2) is 18.2 Å². The molecule has 0 radical (unpaired) electrons. The van der Waals surface area contributed by atoms with Gasteiger partial charge in [0.2, 0.25) is 0 Å². The Balaban J connectivity index is 1.52. The molecule has 3 rings (SSSR count). The second-order valence-electron chi connectivity index (χ2n) is 8.78. The fourth-order valence-corrected chi connectivity index (χ4v) is 4.55. The standard InChI is InChI=1S/C24H38N2O4/c1-5-6-13-29-22-8-7-21(14-23(22)28-4)24(27)26-11-9-20(10-12-26)17-25-15-18(2)30-19(3)16-25/h7-8,14,18-20H,5-6,9-13,15-17H2,1-4H3. The Morgan fingerprint density at radius 3 is 2.47 bits per heavy atom. The molecule has 1 aromatic rings. The predicted octanol–water partition coefficient (Wildman–Crippen LogP) is 3.84. The number of hydrogen-bond acceptors (Lipinski definition) is 5. The molecule has 6 nitrogen and oxygen atoms in total. The molecule has 2 aliphatic heterocycles. The Morgan fingerprint density at radius 1 is 1.13 bits per heavy atom. The van der Waals surface area contributed by atoms with E-state index in [1.54, 1.807) is 7.11 Å². The first-order valence-corrected chi connectivity index (χ1v) is 11.5. The van der Waals surface area contributed by atoms with Crippen molar-refractivity contribution in [2.24, 2.45) is 5.92 Å². The van der Waals surface area contributed by atoms with Gasteiger partial charge in [-0.25, -0.2) is 0 Å². The van der Waals surface area contributed by atoms with Crippen molar-refractivity contribution in [1.82, 2.24) is 9.80 Å². The summed E-state index contributed by atoms with van der Waals surface area (Å²) in [5.41, 5.74) is 0.670. The second kappa shape index (κ2) is 11.0. The molecule has 0 saturated carbocycles. The highest BCUT2D eigenvalue weighted by Gasteiger charge is 2.28. The SMILES string of the molecule is CCCCOc1ccc(C(=O)N2CCC(CN3CC(C)OC(C)C3)CC2)cc1OC. The van der Waals surface area contributed by atoms with Gasteiger partial charge in [0.15, 0.2) is 11.5 Å². The molecule has 0 N–H and O–H groups in total. The summed E-state index contributed by atoms with van der Waals surface area (Å²) >= 11 is 0. The molecule has 1 amide bonds. The van der Waals surface area contributed by atoms with Crippen molar-refractivity contribution in [1.29, 1.82) is 0 Å². The summed E-state index contributed by atoms with van der Waals surface area (Å²) in [6.45, 7) is 11.9. The van der Waals surface area contributed by atoms with Crippen LogP contribution in [0, 0.1) is 5.92 Å². The predicted molar refractivity (Wildman–Crippen MR) is 118 cm³/mol. The van der Waals surface area contributed by atoms with Gasteiger partial charge < -0.3 is 19.1 Å². The maximum absolute atomic E-state index is 13.0. The summed E-state index contributed by atoms with van der Waals surface area (Å²) in [7, 11) is 1.62. The second-order valence-corrected chi connectivity index (χ2v) is 8.78. The lowest BCUT2D eigenvalue weighted by Gasteiger charge is -2.39. The molecule has 2 saturated heterocycles. The Bertz CT molecular complexity index is 678. The molecule has 6 heteroatoms.